The van der Waals surface area contributed by atoms with Crippen LogP contribution >= 0.6 is 11.3 Å². The predicted octanol–water partition coefficient (Wildman–Crippen LogP) is 1.78. The highest BCUT2D eigenvalue weighted by molar-refractivity contribution is 7.89. The quantitative estimate of drug-likeness (QED) is 0.813. The lowest BCUT2D eigenvalue weighted by Gasteiger charge is -2.29. The van der Waals surface area contributed by atoms with E-state index in [2.05, 4.69) is 12.2 Å². The zero-order chi connectivity index (χ0) is 19.6. The molecular weight excluding hydrogens is 388 g/mol. The first kappa shape index (κ1) is 19.5. The molecule has 1 saturated heterocycles. The third-order valence-electron chi connectivity index (χ3n) is 4.56. The Bertz CT molecular complexity index is 942. The van der Waals surface area contributed by atoms with Gasteiger partial charge in [0.2, 0.25) is 10.0 Å². The Hall–Kier alpha value is -2.23. The zero-order valence-corrected chi connectivity index (χ0v) is 16.3. The van der Waals surface area contributed by atoms with Crippen LogP contribution in [0.3, 0.4) is 0 Å². The van der Waals surface area contributed by atoms with E-state index < -0.39 is 21.9 Å². The van der Waals surface area contributed by atoms with E-state index in [1.165, 1.54) is 40.0 Å². The maximum atomic E-state index is 12.7. The summed E-state index contributed by atoms with van der Waals surface area (Å²) in [6.07, 6.45) is 1.66. The van der Waals surface area contributed by atoms with Gasteiger partial charge in [0.05, 0.1) is 15.7 Å². The molecule has 1 aliphatic heterocycles. The summed E-state index contributed by atoms with van der Waals surface area (Å²) in [5.41, 5.74) is 0.418. The first-order chi connectivity index (χ1) is 12.8. The normalized spacial score (nSPS) is 16.2. The topological polar surface area (TPSA) is 107 Å². The van der Waals surface area contributed by atoms with Crippen LogP contribution in [0.1, 0.15) is 39.8 Å². The van der Waals surface area contributed by atoms with Crippen LogP contribution in [-0.4, -0.2) is 37.7 Å². The van der Waals surface area contributed by atoms with Crippen molar-refractivity contribution in [2.24, 2.45) is 5.92 Å². The van der Waals surface area contributed by atoms with Gasteiger partial charge in [0.25, 0.3) is 5.91 Å². The summed E-state index contributed by atoms with van der Waals surface area (Å²) in [5.74, 6) is -1.23. The highest BCUT2D eigenvalue weighted by atomic mass is 32.2. The lowest BCUT2D eigenvalue weighted by Crippen LogP contribution is -2.37. The molecule has 2 heterocycles. The van der Waals surface area contributed by atoms with Gasteiger partial charge in [-0.2, -0.15) is 4.31 Å². The number of amides is 1. The second-order valence-electron chi connectivity index (χ2n) is 6.55. The summed E-state index contributed by atoms with van der Waals surface area (Å²) < 4.78 is 26.9. The molecule has 0 saturated carbocycles. The highest BCUT2D eigenvalue weighted by Gasteiger charge is 2.29. The van der Waals surface area contributed by atoms with Gasteiger partial charge in [0, 0.05) is 24.2 Å². The van der Waals surface area contributed by atoms with Crippen molar-refractivity contribution in [3.8, 4) is 0 Å². The number of carboxylic acids is 1. The van der Waals surface area contributed by atoms with Crippen LogP contribution in [0.15, 0.2) is 40.6 Å². The number of nitrogens with zero attached hydrogens (tertiary/aromatic N) is 1. The molecule has 0 atom stereocenters. The molecule has 0 unspecified atom stereocenters. The van der Waals surface area contributed by atoms with Crippen LogP contribution in [0.25, 0.3) is 0 Å². The fraction of sp³-hybridized carbons (Fsp3) is 0.333. The lowest BCUT2D eigenvalue weighted by molar-refractivity contribution is -0.255. The van der Waals surface area contributed by atoms with Gasteiger partial charge in [-0.3, -0.25) is 4.79 Å². The molecule has 1 N–H and O–H groups in total. The highest BCUT2D eigenvalue weighted by Crippen LogP contribution is 2.27. The SMILES string of the molecule is CC1CCN(S(=O)(=O)c2csc(C(=O)Nc3ccc(C(=O)[O-])cc3)c2)CC1. The molecular formula is C18H19N2O5S2-. The number of nitrogens with one attached hydrogen (secondary N) is 1. The summed E-state index contributed by atoms with van der Waals surface area (Å²) in [6.45, 7) is 3.09. The average Bonchev–Trinajstić information content (AvgIpc) is 3.14. The van der Waals surface area contributed by atoms with Gasteiger partial charge in [-0.05, 0) is 42.5 Å². The zero-order valence-electron chi connectivity index (χ0n) is 14.7. The van der Waals surface area contributed by atoms with Gasteiger partial charge >= 0.3 is 0 Å². The fourth-order valence-corrected chi connectivity index (χ4v) is 5.46. The second kappa shape index (κ2) is 7.79. The van der Waals surface area contributed by atoms with Gasteiger partial charge in [-0.1, -0.05) is 19.1 Å². The van der Waals surface area contributed by atoms with Crippen molar-refractivity contribution in [1.82, 2.24) is 4.31 Å². The maximum absolute atomic E-state index is 12.7. The third-order valence-corrected chi connectivity index (χ3v) is 7.51. The Kier molecular flexibility index (Phi) is 5.64. The molecule has 1 aromatic heterocycles. The van der Waals surface area contributed by atoms with E-state index in [1.54, 1.807) is 0 Å². The number of carbonyl (C=O) groups excluding carboxylic acids is 2. The van der Waals surface area contributed by atoms with Crippen molar-refractivity contribution < 1.29 is 23.1 Å². The Balaban J connectivity index is 1.71. The van der Waals surface area contributed by atoms with E-state index >= 15 is 0 Å². The number of carbonyl (C=O) groups is 2. The van der Waals surface area contributed by atoms with E-state index in [0.29, 0.717) is 24.7 Å². The van der Waals surface area contributed by atoms with E-state index in [9.17, 15) is 23.1 Å². The van der Waals surface area contributed by atoms with Gasteiger partial charge in [-0.15, -0.1) is 11.3 Å². The van der Waals surface area contributed by atoms with E-state index in [-0.39, 0.29) is 15.3 Å². The number of aromatic carboxylic acids is 1. The van der Waals surface area contributed by atoms with E-state index in [1.807, 2.05) is 0 Å². The van der Waals surface area contributed by atoms with Gasteiger partial charge in [-0.25, -0.2) is 8.42 Å². The second-order valence-corrected chi connectivity index (χ2v) is 9.40. The molecule has 0 bridgehead atoms. The maximum Gasteiger partial charge on any atom is 0.265 e. The van der Waals surface area contributed by atoms with Gasteiger partial charge in [0.15, 0.2) is 0 Å². The van der Waals surface area contributed by atoms with Crippen molar-refractivity contribution in [1.29, 1.82) is 0 Å². The molecule has 1 aliphatic rings. The summed E-state index contributed by atoms with van der Waals surface area (Å²) >= 11 is 1.05. The van der Waals surface area contributed by atoms with E-state index in [4.69, 9.17) is 0 Å². The predicted molar refractivity (Wildman–Crippen MR) is 100 cm³/mol. The minimum atomic E-state index is -3.59. The fourth-order valence-electron chi connectivity index (χ4n) is 2.83. The Morgan fingerprint density at radius 1 is 1.19 bits per heavy atom. The summed E-state index contributed by atoms with van der Waals surface area (Å²) in [7, 11) is -3.59. The molecule has 0 spiro atoms. The van der Waals surface area contributed by atoms with Crippen molar-refractivity contribution >= 4 is 38.9 Å². The van der Waals surface area contributed by atoms with Crippen molar-refractivity contribution in [3.63, 3.8) is 0 Å². The number of thiophene rings is 1. The number of hydrogen-bond donors (Lipinski definition) is 1. The van der Waals surface area contributed by atoms with Gasteiger partial charge in [0.1, 0.15) is 0 Å². The first-order valence-corrected chi connectivity index (χ1v) is 10.8. The number of piperidine rings is 1. The van der Waals surface area contributed by atoms with E-state index in [0.717, 1.165) is 24.2 Å². The Labute approximate surface area is 161 Å². The van der Waals surface area contributed by atoms with Crippen LogP contribution in [-0.2, 0) is 10.0 Å². The first-order valence-electron chi connectivity index (χ1n) is 8.49. The minimum Gasteiger partial charge on any atom is -0.545 e. The molecule has 3 rings (SSSR count). The smallest absolute Gasteiger partial charge is 0.265 e. The van der Waals surface area contributed by atoms with Crippen LogP contribution in [0.2, 0.25) is 0 Å². The largest absolute Gasteiger partial charge is 0.545 e. The molecule has 27 heavy (non-hydrogen) atoms. The van der Waals surface area contributed by atoms with Crippen molar-refractivity contribution in [2.75, 3.05) is 18.4 Å². The molecule has 1 amide bonds. The Morgan fingerprint density at radius 2 is 1.81 bits per heavy atom. The van der Waals surface area contributed by atoms with Crippen molar-refractivity contribution in [3.05, 3.63) is 46.2 Å². The standard InChI is InChI=1S/C18H20N2O5S2/c1-12-6-8-20(9-7-12)27(24,25)15-10-16(26-11-15)17(21)19-14-4-2-13(3-5-14)18(22)23/h2-5,10-12H,6-9H2,1H3,(H,19,21)(H,22,23)/p-1. The molecule has 7 nitrogen and oxygen atoms in total. The van der Waals surface area contributed by atoms with Gasteiger partial charge < -0.3 is 15.2 Å². The molecule has 0 radical (unpaired) electrons. The molecule has 1 fully saturated rings. The Morgan fingerprint density at radius 3 is 2.41 bits per heavy atom. The average molecular weight is 407 g/mol. The molecule has 1 aromatic carbocycles. The summed E-state index contributed by atoms with van der Waals surface area (Å²) in [4.78, 5) is 23.5. The summed E-state index contributed by atoms with van der Waals surface area (Å²) in [6, 6.07) is 6.93. The number of carboxylic acid groups (broad SMARTS) is 1. The summed E-state index contributed by atoms with van der Waals surface area (Å²) in [5, 5.41) is 14.8. The van der Waals surface area contributed by atoms with Crippen molar-refractivity contribution in [2.45, 2.75) is 24.7 Å². The van der Waals surface area contributed by atoms with Crippen LogP contribution in [0.5, 0.6) is 0 Å². The number of benzene rings is 1. The van der Waals surface area contributed by atoms with Crippen LogP contribution in [0, 0.1) is 5.92 Å². The van der Waals surface area contributed by atoms with Crippen LogP contribution in [0.4, 0.5) is 5.69 Å². The lowest BCUT2D eigenvalue weighted by atomic mass is 10.0. The third kappa shape index (κ3) is 4.37. The minimum absolute atomic E-state index is 0.00773. The molecule has 144 valence electrons. The monoisotopic (exact) mass is 407 g/mol. The molecule has 2 aromatic rings. The number of rotatable bonds is 5. The molecule has 9 heteroatoms. The molecule has 0 aliphatic carbocycles. The number of hydrogen-bond acceptors (Lipinski definition) is 6. The number of anilines is 1. The van der Waals surface area contributed by atoms with Crippen LogP contribution < -0.4 is 10.4 Å². The number of sulfonamides is 1.